The molecule has 32 heavy (non-hydrogen) atoms. The molecular weight excluding hydrogens is 408 g/mol. The number of nitrogens with one attached hydrogen (secondary N) is 2. The third kappa shape index (κ3) is 2.56. The normalized spacial score (nSPS) is 15.5. The zero-order valence-corrected chi connectivity index (χ0v) is 16.8. The Labute approximate surface area is 181 Å². The van der Waals surface area contributed by atoms with Crippen LogP contribution in [0, 0.1) is 0 Å². The summed E-state index contributed by atoms with van der Waals surface area (Å²) in [5.74, 6) is -2.35. The number of benzene rings is 2. The van der Waals surface area contributed by atoms with Crippen LogP contribution in [0.25, 0.3) is 21.8 Å². The minimum atomic E-state index is -1.68. The van der Waals surface area contributed by atoms with Crippen LogP contribution in [0.3, 0.4) is 0 Å². The van der Waals surface area contributed by atoms with Crippen molar-refractivity contribution >= 4 is 45.2 Å². The van der Waals surface area contributed by atoms with Crippen molar-refractivity contribution in [2.45, 2.75) is 11.8 Å². The Bertz CT molecular complexity index is 1410. The number of hydrogen-bond donors (Lipinski definition) is 4. The maximum absolute atomic E-state index is 13.7. The topological polar surface area (TPSA) is 152 Å². The number of ketones is 2. The van der Waals surface area contributed by atoms with Gasteiger partial charge in [0.2, 0.25) is 0 Å². The molecule has 2 heterocycles. The predicted octanol–water partition coefficient (Wildman–Crippen LogP) is 2.23. The molecular formula is C24H18N4O4. The molecule has 1 aliphatic rings. The Kier molecular flexibility index (Phi) is 4.13. The fraction of sp³-hybridized carbons (Fsp3) is 0.0833. The van der Waals surface area contributed by atoms with Gasteiger partial charge in [0.25, 0.3) is 11.8 Å². The van der Waals surface area contributed by atoms with Crippen molar-refractivity contribution in [2.24, 2.45) is 11.5 Å². The predicted molar refractivity (Wildman–Crippen MR) is 118 cm³/mol. The summed E-state index contributed by atoms with van der Waals surface area (Å²) in [6.45, 7) is 0. The quantitative estimate of drug-likeness (QED) is 0.395. The number of rotatable bonds is 4. The molecule has 0 aliphatic heterocycles. The second-order valence-corrected chi connectivity index (χ2v) is 7.82. The number of aromatic amines is 2. The van der Waals surface area contributed by atoms with E-state index in [2.05, 4.69) is 9.97 Å². The Morgan fingerprint density at radius 2 is 1.22 bits per heavy atom. The van der Waals surface area contributed by atoms with Crippen LogP contribution in [0.2, 0.25) is 0 Å². The first-order valence-electron chi connectivity index (χ1n) is 9.92. The molecule has 2 amide bonds. The van der Waals surface area contributed by atoms with E-state index in [1.54, 1.807) is 48.5 Å². The number of H-pyrrole nitrogens is 2. The van der Waals surface area contributed by atoms with E-state index in [0.717, 1.165) is 0 Å². The van der Waals surface area contributed by atoms with Gasteiger partial charge in [0.1, 0.15) is 11.4 Å². The van der Waals surface area contributed by atoms with Gasteiger partial charge < -0.3 is 21.4 Å². The number of carbonyl (C=O) groups is 4. The smallest absolute Gasteiger partial charge is 0.265 e. The van der Waals surface area contributed by atoms with E-state index in [1.807, 2.05) is 0 Å². The number of carbonyl (C=O) groups excluding carboxylic acids is 4. The van der Waals surface area contributed by atoms with E-state index in [9.17, 15) is 19.2 Å². The lowest BCUT2D eigenvalue weighted by Gasteiger charge is -2.34. The molecule has 0 unspecified atom stereocenters. The van der Waals surface area contributed by atoms with Crippen LogP contribution in [0.5, 0.6) is 0 Å². The van der Waals surface area contributed by atoms with Crippen molar-refractivity contribution in [2.75, 3.05) is 0 Å². The molecule has 0 atom stereocenters. The number of amides is 2. The highest BCUT2D eigenvalue weighted by atomic mass is 16.2. The van der Waals surface area contributed by atoms with Crippen LogP contribution in [0.15, 0.2) is 60.7 Å². The molecule has 2 aromatic heterocycles. The molecule has 158 valence electrons. The number of hydrogen-bond acceptors (Lipinski definition) is 4. The van der Waals surface area contributed by atoms with Gasteiger partial charge >= 0.3 is 0 Å². The van der Waals surface area contributed by atoms with Gasteiger partial charge in [-0.05, 0) is 24.3 Å². The summed E-state index contributed by atoms with van der Waals surface area (Å²) in [7, 11) is 0. The first-order chi connectivity index (χ1) is 15.3. The maximum atomic E-state index is 13.7. The van der Waals surface area contributed by atoms with Crippen molar-refractivity contribution in [3.8, 4) is 0 Å². The van der Waals surface area contributed by atoms with Gasteiger partial charge in [-0.3, -0.25) is 19.2 Å². The highest BCUT2D eigenvalue weighted by molar-refractivity contribution is 6.19. The average Bonchev–Trinajstić information content (AvgIpc) is 3.35. The molecule has 0 fully saturated rings. The molecule has 1 aliphatic carbocycles. The van der Waals surface area contributed by atoms with Crippen molar-refractivity contribution < 1.29 is 19.2 Å². The number of allylic oxidation sites excluding steroid dienone is 2. The Morgan fingerprint density at radius 1 is 0.750 bits per heavy atom. The standard InChI is InChI=1S/C24H18N4O4/c25-22(31)20-18(13-5-1-3-7-15(13)27-20)24(11-12(29)9-10-17(24)30)19-14-6-2-4-8-16(14)28-21(19)23(26)32/h1-10,27-28H,11H2,(H2,25,31)(H2,26,32). The lowest BCUT2D eigenvalue weighted by molar-refractivity contribution is -0.125. The minimum absolute atomic E-state index is 0.00310. The highest BCUT2D eigenvalue weighted by Gasteiger charge is 2.50. The summed E-state index contributed by atoms with van der Waals surface area (Å²) in [6, 6.07) is 14.0. The summed E-state index contributed by atoms with van der Waals surface area (Å²) < 4.78 is 0. The van der Waals surface area contributed by atoms with Gasteiger partial charge in [0, 0.05) is 39.4 Å². The fourth-order valence-corrected chi connectivity index (χ4v) is 4.81. The van der Waals surface area contributed by atoms with Gasteiger partial charge in [0.15, 0.2) is 11.6 Å². The van der Waals surface area contributed by atoms with E-state index in [4.69, 9.17) is 11.5 Å². The summed E-state index contributed by atoms with van der Waals surface area (Å²) in [5, 5.41) is 1.11. The lowest BCUT2D eigenvalue weighted by atomic mass is 9.64. The number of nitrogens with two attached hydrogens (primary N) is 2. The summed E-state index contributed by atoms with van der Waals surface area (Å²) >= 11 is 0. The fourth-order valence-electron chi connectivity index (χ4n) is 4.81. The van der Waals surface area contributed by atoms with Crippen LogP contribution in [0.4, 0.5) is 0 Å². The number of primary amides is 2. The minimum Gasteiger partial charge on any atom is -0.364 e. The monoisotopic (exact) mass is 426 g/mol. The Hall–Kier alpha value is -4.46. The third-order valence-electron chi connectivity index (χ3n) is 6.04. The maximum Gasteiger partial charge on any atom is 0.265 e. The van der Waals surface area contributed by atoms with Gasteiger partial charge in [0.05, 0.1) is 5.41 Å². The second kappa shape index (κ2) is 6.78. The molecule has 0 saturated carbocycles. The molecule has 0 bridgehead atoms. The first kappa shape index (κ1) is 19.5. The van der Waals surface area contributed by atoms with Crippen LogP contribution in [0.1, 0.15) is 38.5 Å². The highest BCUT2D eigenvalue weighted by Crippen LogP contribution is 2.48. The van der Waals surface area contributed by atoms with Crippen LogP contribution >= 0.6 is 0 Å². The summed E-state index contributed by atoms with van der Waals surface area (Å²) in [4.78, 5) is 57.5. The van der Waals surface area contributed by atoms with Gasteiger partial charge in [-0.2, -0.15) is 0 Å². The van der Waals surface area contributed by atoms with Crippen molar-refractivity contribution in [1.29, 1.82) is 0 Å². The third-order valence-corrected chi connectivity index (χ3v) is 6.04. The Morgan fingerprint density at radius 3 is 1.69 bits per heavy atom. The molecule has 5 rings (SSSR count). The molecule has 4 aromatic rings. The van der Waals surface area contributed by atoms with E-state index in [-0.39, 0.29) is 34.7 Å². The molecule has 0 saturated heterocycles. The molecule has 6 N–H and O–H groups in total. The number of para-hydroxylation sites is 2. The van der Waals surface area contributed by atoms with Crippen molar-refractivity contribution in [1.82, 2.24) is 9.97 Å². The average molecular weight is 426 g/mol. The van der Waals surface area contributed by atoms with E-state index < -0.39 is 23.0 Å². The second-order valence-electron chi connectivity index (χ2n) is 7.82. The van der Waals surface area contributed by atoms with Gasteiger partial charge in [-0.25, -0.2) is 0 Å². The van der Waals surface area contributed by atoms with Crippen molar-refractivity contribution in [3.63, 3.8) is 0 Å². The van der Waals surface area contributed by atoms with Crippen LogP contribution in [-0.4, -0.2) is 33.3 Å². The van der Waals surface area contributed by atoms with Crippen LogP contribution in [-0.2, 0) is 15.0 Å². The summed E-state index contributed by atoms with van der Waals surface area (Å²) in [6.07, 6.45) is 2.11. The molecule has 0 spiro atoms. The SMILES string of the molecule is NC(=O)c1[nH]c2ccccc2c1C1(c2c(C(N)=O)[nH]c3ccccc23)CC(=O)C=CC1=O. The number of aromatic nitrogens is 2. The number of fused-ring (bicyclic) bond motifs is 2. The lowest BCUT2D eigenvalue weighted by Crippen LogP contribution is -2.43. The molecule has 2 aromatic carbocycles. The largest absolute Gasteiger partial charge is 0.364 e. The van der Waals surface area contributed by atoms with E-state index >= 15 is 0 Å². The molecule has 0 radical (unpaired) electrons. The first-order valence-corrected chi connectivity index (χ1v) is 9.92. The zero-order chi connectivity index (χ0) is 22.6. The summed E-state index contributed by atoms with van der Waals surface area (Å²) in [5.41, 5.74) is 11.4. The Balaban J connectivity index is 2.03. The molecule has 8 nitrogen and oxygen atoms in total. The van der Waals surface area contributed by atoms with E-state index in [0.29, 0.717) is 21.8 Å². The zero-order valence-electron chi connectivity index (χ0n) is 16.8. The molecule has 8 heteroatoms. The van der Waals surface area contributed by atoms with Gasteiger partial charge in [-0.15, -0.1) is 0 Å². The van der Waals surface area contributed by atoms with Gasteiger partial charge in [-0.1, -0.05) is 36.4 Å². The van der Waals surface area contributed by atoms with Crippen LogP contribution < -0.4 is 11.5 Å². The van der Waals surface area contributed by atoms with E-state index in [1.165, 1.54) is 12.2 Å². The van der Waals surface area contributed by atoms with Crippen molar-refractivity contribution in [3.05, 3.63) is 83.2 Å².